The Morgan fingerprint density at radius 2 is 2.10 bits per heavy atom. The van der Waals surface area contributed by atoms with Crippen LogP contribution in [0.4, 0.5) is 0 Å². The van der Waals surface area contributed by atoms with Crippen LogP contribution in [-0.2, 0) is 9.59 Å². The van der Waals surface area contributed by atoms with Gasteiger partial charge in [-0.2, -0.15) is 0 Å². The van der Waals surface area contributed by atoms with E-state index in [9.17, 15) is 14.7 Å². The van der Waals surface area contributed by atoms with Gasteiger partial charge in [0.2, 0.25) is 5.91 Å². The minimum Gasteiger partial charge on any atom is -0.396 e. The van der Waals surface area contributed by atoms with Gasteiger partial charge in [-0.25, -0.2) is 0 Å². The molecule has 2 heterocycles. The quantitative estimate of drug-likeness (QED) is 0.552. The number of aliphatic hydroxyl groups is 1. The number of amides is 2. The van der Waals surface area contributed by atoms with E-state index in [4.69, 9.17) is 12.2 Å². The Hall–Kier alpha value is -1.96. The summed E-state index contributed by atoms with van der Waals surface area (Å²) in [4.78, 5) is 29.8. The number of aliphatic hydroxyl groups excluding tert-OH is 1. The SMILES string of the molecule is C[C@H](C(=O)N1CCCC[C@H]1CCO)N1C(=O)/C(=C/C=C/c2ccccc2)SC1=S. The van der Waals surface area contributed by atoms with E-state index in [1.807, 2.05) is 47.4 Å². The molecule has 2 saturated heterocycles. The summed E-state index contributed by atoms with van der Waals surface area (Å²) in [6.45, 7) is 2.46. The number of carbonyl (C=O) groups excluding carboxylic acids is 2. The van der Waals surface area contributed by atoms with Crippen LogP contribution in [0.1, 0.15) is 38.2 Å². The Morgan fingerprint density at radius 3 is 2.83 bits per heavy atom. The number of nitrogens with zero attached hydrogens (tertiary/aromatic N) is 2. The highest BCUT2D eigenvalue weighted by atomic mass is 32.2. The van der Waals surface area contributed by atoms with Crippen molar-refractivity contribution in [2.24, 2.45) is 0 Å². The Morgan fingerprint density at radius 1 is 1.34 bits per heavy atom. The van der Waals surface area contributed by atoms with Gasteiger partial charge >= 0.3 is 0 Å². The fraction of sp³-hybridized carbons (Fsp3) is 0.409. The zero-order valence-corrected chi connectivity index (χ0v) is 18.1. The second-order valence-electron chi connectivity index (χ2n) is 7.21. The molecule has 29 heavy (non-hydrogen) atoms. The highest BCUT2D eigenvalue weighted by Crippen LogP contribution is 2.33. The van der Waals surface area contributed by atoms with Gasteiger partial charge in [-0.05, 0) is 44.2 Å². The van der Waals surface area contributed by atoms with Crippen molar-refractivity contribution in [3.63, 3.8) is 0 Å². The van der Waals surface area contributed by atoms with Crippen LogP contribution in [0, 0.1) is 0 Å². The molecule has 2 amide bonds. The Balaban J connectivity index is 1.70. The lowest BCUT2D eigenvalue weighted by Gasteiger charge is -2.38. The molecule has 5 nitrogen and oxygen atoms in total. The first kappa shape index (κ1) is 21.7. The van der Waals surface area contributed by atoms with Crippen molar-refractivity contribution < 1.29 is 14.7 Å². The number of thiocarbonyl (C=S) groups is 1. The molecule has 2 fully saturated rings. The lowest BCUT2D eigenvalue weighted by Crippen LogP contribution is -2.53. The molecule has 0 unspecified atom stereocenters. The van der Waals surface area contributed by atoms with Gasteiger partial charge in [-0.1, -0.05) is 66.5 Å². The van der Waals surface area contributed by atoms with E-state index in [0.717, 1.165) is 24.8 Å². The van der Waals surface area contributed by atoms with Gasteiger partial charge in [0.05, 0.1) is 4.91 Å². The molecule has 0 aliphatic carbocycles. The molecule has 1 N–H and O–H groups in total. The largest absolute Gasteiger partial charge is 0.396 e. The van der Waals surface area contributed by atoms with Crippen LogP contribution in [0.3, 0.4) is 0 Å². The molecular weight excluding hydrogens is 404 g/mol. The molecule has 154 valence electrons. The van der Waals surface area contributed by atoms with Crippen molar-refractivity contribution >= 4 is 46.2 Å². The van der Waals surface area contributed by atoms with E-state index >= 15 is 0 Å². The van der Waals surface area contributed by atoms with E-state index < -0.39 is 6.04 Å². The van der Waals surface area contributed by atoms with E-state index in [0.29, 0.717) is 22.2 Å². The number of likely N-dealkylation sites (tertiary alicyclic amines) is 1. The van der Waals surface area contributed by atoms with Crippen molar-refractivity contribution in [3.8, 4) is 0 Å². The number of thioether (sulfide) groups is 1. The van der Waals surface area contributed by atoms with E-state index in [-0.39, 0.29) is 24.5 Å². The molecule has 0 radical (unpaired) electrons. The maximum absolute atomic E-state index is 13.1. The van der Waals surface area contributed by atoms with Gasteiger partial charge in [0, 0.05) is 19.2 Å². The second kappa shape index (κ2) is 10.2. The number of hydrogen-bond acceptors (Lipinski definition) is 5. The lowest BCUT2D eigenvalue weighted by molar-refractivity contribution is -0.142. The normalized spacial score (nSPS) is 22.7. The first-order chi connectivity index (χ1) is 14.0. The van der Waals surface area contributed by atoms with Crippen molar-refractivity contribution in [2.45, 2.75) is 44.7 Å². The summed E-state index contributed by atoms with van der Waals surface area (Å²) in [6, 6.07) is 9.22. The molecule has 0 saturated carbocycles. The number of benzene rings is 1. The van der Waals surface area contributed by atoms with Crippen LogP contribution < -0.4 is 0 Å². The monoisotopic (exact) mass is 430 g/mol. The summed E-state index contributed by atoms with van der Waals surface area (Å²) < 4.78 is 0.408. The Labute approximate surface area is 181 Å². The van der Waals surface area contributed by atoms with E-state index in [2.05, 4.69) is 0 Å². The van der Waals surface area contributed by atoms with Crippen molar-refractivity contribution in [1.29, 1.82) is 0 Å². The smallest absolute Gasteiger partial charge is 0.266 e. The first-order valence-electron chi connectivity index (χ1n) is 9.93. The third-order valence-electron chi connectivity index (χ3n) is 5.28. The lowest BCUT2D eigenvalue weighted by atomic mass is 9.98. The molecule has 0 aromatic heterocycles. The molecule has 0 spiro atoms. The predicted molar refractivity (Wildman–Crippen MR) is 121 cm³/mol. The standard InChI is InChI=1S/C22H26N2O3S2/c1-16(20(26)23-14-6-5-11-18(23)13-15-25)24-21(27)19(29-22(24)28)12-7-10-17-8-3-2-4-9-17/h2-4,7-10,12,16,18,25H,5-6,11,13-15H2,1H3/b10-7+,19-12-/t16-,18+/m1/s1. The molecular formula is C22H26N2O3S2. The van der Waals surface area contributed by atoms with Crippen molar-refractivity contribution in [2.75, 3.05) is 13.2 Å². The number of allylic oxidation sites excluding steroid dienone is 2. The molecule has 3 rings (SSSR count). The zero-order chi connectivity index (χ0) is 20.8. The molecule has 7 heteroatoms. The first-order valence-corrected chi connectivity index (χ1v) is 11.2. The summed E-state index contributed by atoms with van der Waals surface area (Å²) in [5.41, 5.74) is 1.04. The van der Waals surface area contributed by atoms with Crippen LogP contribution in [0.2, 0.25) is 0 Å². The highest BCUT2D eigenvalue weighted by molar-refractivity contribution is 8.26. The molecule has 2 atom stereocenters. The Bertz CT molecular complexity index is 821. The number of hydrogen-bond donors (Lipinski definition) is 1. The van der Waals surface area contributed by atoms with Gasteiger partial charge in [-0.15, -0.1) is 0 Å². The molecule has 0 bridgehead atoms. The minimum absolute atomic E-state index is 0.0337. The highest BCUT2D eigenvalue weighted by Gasteiger charge is 2.40. The zero-order valence-electron chi connectivity index (χ0n) is 16.5. The average Bonchev–Trinajstić information content (AvgIpc) is 3.01. The molecule has 1 aromatic rings. The second-order valence-corrected chi connectivity index (χ2v) is 8.89. The number of carbonyl (C=O) groups is 2. The maximum Gasteiger partial charge on any atom is 0.266 e. The fourth-order valence-electron chi connectivity index (χ4n) is 3.73. The minimum atomic E-state index is -0.647. The van der Waals surface area contributed by atoms with E-state index in [1.165, 1.54) is 16.7 Å². The van der Waals surface area contributed by atoms with Crippen LogP contribution in [0.5, 0.6) is 0 Å². The van der Waals surface area contributed by atoms with Gasteiger partial charge in [0.1, 0.15) is 10.4 Å². The summed E-state index contributed by atoms with van der Waals surface area (Å²) in [5, 5.41) is 9.31. The molecule has 2 aliphatic heterocycles. The third kappa shape index (κ3) is 5.15. The number of piperidine rings is 1. The van der Waals surface area contributed by atoms with Crippen molar-refractivity contribution in [3.05, 3.63) is 53.0 Å². The number of rotatable bonds is 6. The average molecular weight is 431 g/mol. The topological polar surface area (TPSA) is 60.9 Å². The Kier molecular flexibility index (Phi) is 7.64. The maximum atomic E-state index is 13.1. The van der Waals surface area contributed by atoms with Crippen LogP contribution >= 0.6 is 24.0 Å². The fourth-order valence-corrected chi connectivity index (χ4v) is 5.10. The van der Waals surface area contributed by atoms with Crippen LogP contribution in [0.25, 0.3) is 6.08 Å². The van der Waals surface area contributed by atoms with Gasteiger partial charge in [-0.3, -0.25) is 14.5 Å². The van der Waals surface area contributed by atoms with Gasteiger partial charge in [0.25, 0.3) is 5.91 Å². The summed E-state index contributed by atoms with van der Waals surface area (Å²) in [5.74, 6) is -0.324. The molecule has 2 aliphatic rings. The van der Waals surface area contributed by atoms with Crippen molar-refractivity contribution in [1.82, 2.24) is 9.80 Å². The summed E-state index contributed by atoms with van der Waals surface area (Å²) in [6.07, 6.45) is 8.97. The van der Waals surface area contributed by atoms with Gasteiger partial charge in [0.15, 0.2) is 0 Å². The van der Waals surface area contributed by atoms with Gasteiger partial charge < -0.3 is 10.0 Å². The molecule has 1 aromatic carbocycles. The van der Waals surface area contributed by atoms with Crippen LogP contribution in [0.15, 0.2) is 47.4 Å². The summed E-state index contributed by atoms with van der Waals surface area (Å²) in [7, 11) is 0. The third-order valence-corrected chi connectivity index (χ3v) is 6.63. The predicted octanol–water partition coefficient (Wildman–Crippen LogP) is 3.60. The van der Waals surface area contributed by atoms with Crippen LogP contribution in [-0.4, -0.2) is 56.3 Å². The summed E-state index contributed by atoms with van der Waals surface area (Å²) >= 11 is 6.64. The van der Waals surface area contributed by atoms with E-state index in [1.54, 1.807) is 13.0 Å².